The average Bonchev–Trinajstić information content (AvgIpc) is 2.87. The molecule has 2 heterocycles. The van der Waals surface area contributed by atoms with Gasteiger partial charge in [-0.2, -0.15) is 0 Å². The van der Waals surface area contributed by atoms with Crippen molar-refractivity contribution in [2.24, 2.45) is 0 Å². The van der Waals surface area contributed by atoms with E-state index in [4.69, 9.17) is 13.9 Å². The van der Waals surface area contributed by atoms with E-state index in [1.807, 2.05) is 32.0 Å². The summed E-state index contributed by atoms with van der Waals surface area (Å²) in [4.78, 5) is 12.5. The SMILES string of the molecule is Cc1ccc2c(CC(=O)Nc3ccc4c(c3)OCCCO4)coc2c1C. The zero-order valence-electron chi connectivity index (χ0n) is 14.9. The Hall–Kier alpha value is -2.95. The fourth-order valence-electron chi connectivity index (χ4n) is 3.14. The zero-order valence-corrected chi connectivity index (χ0v) is 14.9. The van der Waals surface area contributed by atoms with Crippen molar-refractivity contribution in [2.75, 3.05) is 18.5 Å². The molecular weight excluding hydrogens is 330 g/mol. The van der Waals surface area contributed by atoms with E-state index in [2.05, 4.69) is 11.4 Å². The molecule has 1 aliphatic heterocycles. The molecule has 3 aromatic rings. The van der Waals surface area contributed by atoms with Gasteiger partial charge in [-0.05, 0) is 37.1 Å². The monoisotopic (exact) mass is 351 g/mol. The normalized spacial score (nSPS) is 13.5. The first-order valence-electron chi connectivity index (χ1n) is 8.77. The highest BCUT2D eigenvalue weighted by Gasteiger charge is 2.15. The number of hydrogen-bond donors (Lipinski definition) is 1. The van der Waals surface area contributed by atoms with Gasteiger partial charge >= 0.3 is 0 Å². The molecule has 0 atom stereocenters. The summed E-state index contributed by atoms with van der Waals surface area (Å²) < 4.78 is 17.0. The van der Waals surface area contributed by atoms with E-state index in [0.29, 0.717) is 30.4 Å². The summed E-state index contributed by atoms with van der Waals surface area (Å²) >= 11 is 0. The summed E-state index contributed by atoms with van der Waals surface area (Å²) in [5.41, 5.74) is 4.71. The van der Waals surface area contributed by atoms with Gasteiger partial charge in [0.05, 0.1) is 25.9 Å². The van der Waals surface area contributed by atoms with Crippen molar-refractivity contribution in [1.29, 1.82) is 0 Å². The fourth-order valence-corrected chi connectivity index (χ4v) is 3.14. The summed E-state index contributed by atoms with van der Waals surface area (Å²) in [5, 5.41) is 3.91. The van der Waals surface area contributed by atoms with Crippen LogP contribution >= 0.6 is 0 Å². The lowest BCUT2D eigenvalue weighted by Gasteiger charge is -2.10. The van der Waals surface area contributed by atoms with Crippen LogP contribution in [0.5, 0.6) is 11.5 Å². The van der Waals surface area contributed by atoms with E-state index < -0.39 is 0 Å². The summed E-state index contributed by atoms with van der Waals surface area (Å²) in [7, 11) is 0. The number of fused-ring (bicyclic) bond motifs is 2. The molecule has 0 unspecified atom stereocenters. The van der Waals surface area contributed by atoms with Crippen LogP contribution in [-0.4, -0.2) is 19.1 Å². The maximum atomic E-state index is 12.5. The quantitative estimate of drug-likeness (QED) is 0.760. The predicted molar refractivity (Wildman–Crippen MR) is 100 cm³/mol. The minimum atomic E-state index is -0.0968. The lowest BCUT2D eigenvalue weighted by Crippen LogP contribution is -2.14. The van der Waals surface area contributed by atoms with E-state index in [1.165, 1.54) is 5.56 Å². The lowest BCUT2D eigenvalue weighted by molar-refractivity contribution is -0.115. The predicted octanol–water partition coefficient (Wildman–Crippen LogP) is 4.39. The van der Waals surface area contributed by atoms with Crippen molar-refractivity contribution >= 4 is 22.6 Å². The van der Waals surface area contributed by atoms with Gasteiger partial charge < -0.3 is 19.2 Å². The number of amides is 1. The molecule has 4 rings (SSSR count). The van der Waals surface area contributed by atoms with Crippen molar-refractivity contribution in [3.63, 3.8) is 0 Å². The number of ether oxygens (including phenoxy) is 2. The Labute approximate surface area is 151 Å². The van der Waals surface area contributed by atoms with Crippen LogP contribution in [0.25, 0.3) is 11.0 Å². The van der Waals surface area contributed by atoms with E-state index in [9.17, 15) is 4.79 Å². The van der Waals surface area contributed by atoms with Crippen molar-refractivity contribution < 1.29 is 18.7 Å². The second-order valence-corrected chi connectivity index (χ2v) is 6.58. The second kappa shape index (κ2) is 6.75. The molecule has 26 heavy (non-hydrogen) atoms. The highest BCUT2D eigenvalue weighted by Crippen LogP contribution is 2.32. The highest BCUT2D eigenvalue weighted by molar-refractivity contribution is 5.96. The number of carbonyl (C=O) groups is 1. The Morgan fingerprint density at radius 3 is 2.73 bits per heavy atom. The third kappa shape index (κ3) is 3.12. The maximum absolute atomic E-state index is 12.5. The number of hydrogen-bond acceptors (Lipinski definition) is 4. The minimum absolute atomic E-state index is 0.0968. The fraction of sp³-hybridized carbons (Fsp3) is 0.286. The van der Waals surface area contributed by atoms with E-state index in [1.54, 1.807) is 12.3 Å². The summed E-state index contributed by atoms with van der Waals surface area (Å²) in [6.45, 7) is 5.34. The van der Waals surface area contributed by atoms with Crippen LogP contribution in [0.1, 0.15) is 23.1 Å². The molecule has 1 N–H and O–H groups in total. The van der Waals surface area contributed by atoms with Crippen molar-refractivity contribution in [2.45, 2.75) is 26.7 Å². The number of benzene rings is 2. The molecule has 5 heteroatoms. The Morgan fingerprint density at radius 1 is 1.08 bits per heavy atom. The lowest BCUT2D eigenvalue weighted by atomic mass is 10.0. The first-order chi connectivity index (χ1) is 12.6. The van der Waals surface area contributed by atoms with Crippen molar-refractivity contribution in [1.82, 2.24) is 0 Å². The molecule has 0 saturated carbocycles. The van der Waals surface area contributed by atoms with Gasteiger partial charge in [0, 0.05) is 29.1 Å². The molecule has 0 bridgehead atoms. The van der Waals surface area contributed by atoms with E-state index in [0.717, 1.165) is 28.5 Å². The van der Waals surface area contributed by atoms with Gasteiger partial charge in [0.1, 0.15) is 5.58 Å². The van der Waals surface area contributed by atoms with Crippen LogP contribution in [0, 0.1) is 13.8 Å². The van der Waals surface area contributed by atoms with Crippen LogP contribution in [-0.2, 0) is 11.2 Å². The molecule has 134 valence electrons. The van der Waals surface area contributed by atoms with E-state index in [-0.39, 0.29) is 12.3 Å². The zero-order chi connectivity index (χ0) is 18.1. The summed E-state index contributed by atoms with van der Waals surface area (Å²) in [5.74, 6) is 1.28. The maximum Gasteiger partial charge on any atom is 0.228 e. The van der Waals surface area contributed by atoms with Gasteiger partial charge in [-0.3, -0.25) is 4.79 Å². The number of furan rings is 1. The van der Waals surface area contributed by atoms with E-state index >= 15 is 0 Å². The third-order valence-electron chi connectivity index (χ3n) is 4.72. The van der Waals surface area contributed by atoms with Gasteiger partial charge in [0.15, 0.2) is 11.5 Å². The Kier molecular flexibility index (Phi) is 4.29. The summed E-state index contributed by atoms with van der Waals surface area (Å²) in [6.07, 6.45) is 2.78. The van der Waals surface area contributed by atoms with Gasteiger partial charge in [-0.1, -0.05) is 12.1 Å². The average molecular weight is 351 g/mol. The molecule has 0 radical (unpaired) electrons. The standard InChI is InChI=1S/C21H21NO4/c1-13-4-6-17-15(12-26-21(17)14(13)2)10-20(23)22-16-5-7-18-19(11-16)25-9-3-8-24-18/h4-7,11-12H,3,8-10H2,1-2H3,(H,22,23). The molecule has 5 nitrogen and oxygen atoms in total. The van der Waals surface area contributed by atoms with Crippen LogP contribution in [0.3, 0.4) is 0 Å². The molecule has 1 amide bonds. The second-order valence-electron chi connectivity index (χ2n) is 6.58. The number of carbonyl (C=O) groups excluding carboxylic acids is 1. The first kappa shape index (κ1) is 16.5. The van der Waals surface area contributed by atoms with Crippen LogP contribution in [0.4, 0.5) is 5.69 Å². The smallest absolute Gasteiger partial charge is 0.228 e. The number of rotatable bonds is 3. The molecule has 0 fully saturated rings. The van der Waals surface area contributed by atoms with Gasteiger partial charge in [0.25, 0.3) is 0 Å². The molecule has 2 aromatic carbocycles. The van der Waals surface area contributed by atoms with Gasteiger partial charge in [-0.25, -0.2) is 0 Å². The molecule has 0 aliphatic carbocycles. The molecule has 0 saturated heterocycles. The number of nitrogens with one attached hydrogen (secondary N) is 1. The summed E-state index contributed by atoms with van der Waals surface area (Å²) in [6, 6.07) is 9.53. The van der Waals surface area contributed by atoms with Crippen LogP contribution in [0.15, 0.2) is 41.0 Å². The van der Waals surface area contributed by atoms with Crippen molar-refractivity contribution in [3.05, 3.63) is 53.3 Å². The first-order valence-corrected chi connectivity index (χ1v) is 8.77. The largest absolute Gasteiger partial charge is 0.490 e. The Morgan fingerprint density at radius 2 is 1.88 bits per heavy atom. The number of anilines is 1. The Balaban J connectivity index is 1.51. The third-order valence-corrected chi connectivity index (χ3v) is 4.72. The van der Waals surface area contributed by atoms with Crippen LogP contribution < -0.4 is 14.8 Å². The molecule has 0 spiro atoms. The molecular formula is C21H21NO4. The highest BCUT2D eigenvalue weighted by atomic mass is 16.5. The molecule has 1 aliphatic rings. The van der Waals surface area contributed by atoms with Gasteiger partial charge in [-0.15, -0.1) is 0 Å². The minimum Gasteiger partial charge on any atom is -0.490 e. The number of aryl methyl sites for hydroxylation is 2. The van der Waals surface area contributed by atoms with Gasteiger partial charge in [0.2, 0.25) is 5.91 Å². The Bertz CT molecular complexity index is 974. The van der Waals surface area contributed by atoms with Crippen LogP contribution in [0.2, 0.25) is 0 Å². The molecule has 1 aromatic heterocycles. The topological polar surface area (TPSA) is 60.7 Å². The van der Waals surface area contributed by atoms with Crippen molar-refractivity contribution in [3.8, 4) is 11.5 Å².